The minimum Gasteiger partial charge on any atom is -0.305 e. The van der Waals surface area contributed by atoms with Gasteiger partial charge in [0, 0.05) is 85.1 Å². The average molecular weight is 2070 g/mol. The molecule has 0 amide bonds. The minimum atomic E-state index is 0. The van der Waals surface area contributed by atoms with E-state index in [1.165, 1.54) is 77.9 Å². The Kier molecular flexibility index (Phi) is 33.4. The van der Waals surface area contributed by atoms with E-state index >= 15 is 0 Å². The molecule has 4 nitrogen and oxygen atoms in total. The summed E-state index contributed by atoms with van der Waals surface area (Å²) in [6, 6.07) is 115. The molecule has 14 aromatic rings. The van der Waals surface area contributed by atoms with Crippen LogP contribution >= 0.6 is 0 Å². The van der Waals surface area contributed by atoms with Crippen molar-refractivity contribution >= 4 is 0 Å². The van der Waals surface area contributed by atoms with Crippen LogP contribution in [0.2, 0.25) is 0 Å². The van der Waals surface area contributed by atoms with Gasteiger partial charge >= 0.3 is 20.1 Å². The Balaban J connectivity index is 0.000000205. The van der Waals surface area contributed by atoms with Gasteiger partial charge in [0.25, 0.3) is 0 Å². The van der Waals surface area contributed by atoms with Gasteiger partial charge in [-0.05, 0) is 116 Å². The summed E-state index contributed by atoms with van der Waals surface area (Å²) in [7, 11) is 0. The first kappa shape index (κ1) is 84.3. The summed E-state index contributed by atoms with van der Waals surface area (Å²) < 4.78 is 0. The quantitative estimate of drug-likeness (QED) is 0.121. The summed E-state index contributed by atoms with van der Waals surface area (Å²) in [4.78, 5) is 17.8. The van der Waals surface area contributed by atoms with Gasteiger partial charge in [0.1, 0.15) is 0 Å². The zero-order chi connectivity index (χ0) is 70.4. The van der Waals surface area contributed by atoms with Gasteiger partial charge in [-0.3, -0.25) is 0 Å². The standard InChI is InChI=1S/C23H24N.C22H20.C21H20N.C19H16N.C11H8N.4Ir/c1-16(2)20-13-21(17(3)4)15-22(14-20)18-8-7-9-19(12-18)23-10-5-6-11-24-23;1-22(2,3)21-14-8-13-20(16-21)19-12-7-11-18(15-19)17-9-5-4-6-10-17;1-21(2,3)19-12-13-20(22-15-19)18-11-7-10-17(14-18)16-8-5-4-6-9-16;1-14-11-19(20-13-15(14)2)18-10-6-9-17(12-18)16-7-4-3-5-8-16;1-2-6-10(7-3-1)11-8-4-5-9-12-11;;;;/h5-8,10-17H,1-4H3;4-11,14-16H,1-3H3;4-10,12-15H,1-3H3;3-9,11-13H,1-2H3;1-6,8-9H;;;;/q-1;-2;3*-1;;;;+3. The molecule has 0 aliphatic rings. The number of hydrogen-bond acceptors (Lipinski definition) is 4. The van der Waals surface area contributed by atoms with Gasteiger partial charge in [-0.15, -0.1) is 165 Å². The Bertz CT molecular complexity index is 4780. The number of aryl methyl sites for hydroxylation is 2. The molecule has 531 valence electrons. The molecule has 4 heterocycles. The van der Waals surface area contributed by atoms with Crippen molar-refractivity contribution in [1.29, 1.82) is 0 Å². The molecule has 104 heavy (non-hydrogen) atoms. The van der Waals surface area contributed by atoms with E-state index in [1.807, 2.05) is 128 Å². The monoisotopic (exact) mass is 2070 g/mol. The Hall–Kier alpha value is -8.60. The van der Waals surface area contributed by atoms with Crippen LogP contribution in [0.3, 0.4) is 0 Å². The van der Waals surface area contributed by atoms with Crippen LogP contribution in [-0.2, 0) is 91.3 Å². The van der Waals surface area contributed by atoms with Crippen LogP contribution < -0.4 is 0 Å². The first-order valence-corrected chi connectivity index (χ1v) is 34.4. The summed E-state index contributed by atoms with van der Waals surface area (Å²) in [5.74, 6) is 1.04. The Morgan fingerprint density at radius 3 is 1.05 bits per heavy atom. The number of benzene rings is 10. The number of hydrogen-bond donors (Lipinski definition) is 0. The van der Waals surface area contributed by atoms with Crippen LogP contribution in [0.4, 0.5) is 0 Å². The van der Waals surface area contributed by atoms with E-state index in [-0.39, 0.29) is 91.3 Å². The topological polar surface area (TPSA) is 51.6 Å². The van der Waals surface area contributed by atoms with Crippen molar-refractivity contribution in [2.24, 2.45) is 0 Å². The summed E-state index contributed by atoms with van der Waals surface area (Å²) in [6.45, 7) is 26.5. The Morgan fingerprint density at radius 2 is 0.644 bits per heavy atom. The molecule has 0 fully saturated rings. The molecule has 8 heteroatoms. The SMILES string of the molecule is CC(C)(C)c1cc[c-]c(-c2[c-]ccc(-c3ccccc3)c2)c1.CC(C)(C)c1ccc(-c2[c-]ccc(-c3ccccc3)c2)nc1.CC(C)c1cc(-c2cc[c-]c(-c3ccccn3)c2)cc(C(C)C)c1.Cc1cnc(-c2[c-]ccc(-c3ccccc3)c2)cc1C.[Ir+3].[Ir].[Ir].[Ir].[c-]1ccccc1-c1ccccn1. The third-order valence-electron chi connectivity index (χ3n) is 17.3. The maximum atomic E-state index is 4.62. The maximum absolute atomic E-state index is 4.62. The van der Waals surface area contributed by atoms with Crippen LogP contribution in [0.5, 0.6) is 0 Å². The Morgan fingerprint density at radius 1 is 0.269 bits per heavy atom. The summed E-state index contributed by atoms with van der Waals surface area (Å²) >= 11 is 0. The van der Waals surface area contributed by atoms with Gasteiger partial charge in [0.05, 0.1) is 0 Å². The number of nitrogens with zero attached hydrogens (tertiary/aromatic N) is 4. The molecule has 0 saturated carbocycles. The van der Waals surface area contributed by atoms with Gasteiger partial charge < -0.3 is 19.9 Å². The molecule has 0 N–H and O–H groups in total. The third kappa shape index (κ3) is 24.5. The van der Waals surface area contributed by atoms with E-state index in [4.69, 9.17) is 0 Å². The van der Waals surface area contributed by atoms with Crippen LogP contribution in [0.25, 0.3) is 101 Å². The van der Waals surface area contributed by atoms with Gasteiger partial charge in [0.2, 0.25) is 0 Å². The second-order valence-electron chi connectivity index (χ2n) is 27.5. The normalized spacial score (nSPS) is 10.6. The number of rotatable bonds is 11. The first-order valence-electron chi connectivity index (χ1n) is 34.4. The van der Waals surface area contributed by atoms with Crippen molar-refractivity contribution < 1.29 is 80.4 Å². The summed E-state index contributed by atoms with van der Waals surface area (Å²) in [5, 5.41) is 0. The van der Waals surface area contributed by atoms with Crippen molar-refractivity contribution in [2.45, 2.75) is 106 Å². The molecule has 0 bridgehead atoms. The van der Waals surface area contributed by atoms with Gasteiger partial charge in [-0.25, -0.2) is 11.1 Å². The Labute approximate surface area is 674 Å². The second kappa shape index (κ2) is 41.2. The van der Waals surface area contributed by atoms with Gasteiger partial charge in [-0.1, -0.05) is 226 Å². The van der Waals surface area contributed by atoms with Crippen molar-refractivity contribution in [3.8, 4) is 101 Å². The van der Waals surface area contributed by atoms with E-state index in [0.29, 0.717) is 11.8 Å². The van der Waals surface area contributed by atoms with E-state index in [1.54, 1.807) is 6.20 Å². The summed E-state index contributed by atoms with van der Waals surface area (Å²) in [6.07, 6.45) is 7.51. The molecular formula is C96H88Ir4N4-3. The minimum absolute atomic E-state index is 0. The third-order valence-corrected chi connectivity index (χ3v) is 17.3. The van der Waals surface area contributed by atoms with E-state index in [9.17, 15) is 0 Å². The largest absolute Gasteiger partial charge is 3.00 e. The fraction of sp³-hybridized carbons (Fsp3) is 0.167. The molecule has 0 aliphatic heterocycles. The maximum Gasteiger partial charge on any atom is 3.00 e. The molecule has 0 atom stereocenters. The van der Waals surface area contributed by atoms with Crippen molar-refractivity contribution in [1.82, 2.24) is 19.9 Å². The molecule has 3 radical (unpaired) electrons. The zero-order valence-electron chi connectivity index (χ0n) is 61.1. The van der Waals surface area contributed by atoms with Gasteiger partial charge in [-0.2, -0.15) is 36.4 Å². The van der Waals surface area contributed by atoms with E-state index in [0.717, 1.165) is 56.2 Å². The smallest absolute Gasteiger partial charge is 0.305 e. The summed E-state index contributed by atoms with van der Waals surface area (Å²) in [5.41, 5.74) is 28.0. The molecule has 0 saturated heterocycles. The van der Waals surface area contributed by atoms with Crippen LogP contribution in [0.1, 0.15) is 114 Å². The molecule has 4 aromatic heterocycles. The molecule has 0 spiro atoms. The predicted octanol–water partition coefficient (Wildman–Crippen LogP) is 25.3. The molecule has 0 aliphatic carbocycles. The molecular weight excluding hydrogens is 1980 g/mol. The second-order valence-corrected chi connectivity index (χ2v) is 27.5. The van der Waals surface area contributed by atoms with Crippen molar-refractivity contribution in [2.75, 3.05) is 0 Å². The van der Waals surface area contributed by atoms with Crippen molar-refractivity contribution in [3.63, 3.8) is 0 Å². The van der Waals surface area contributed by atoms with Crippen LogP contribution in [0.15, 0.2) is 304 Å². The molecule has 10 aromatic carbocycles. The predicted molar refractivity (Wildman–Crippen MR) is 420 cm³/mol. The molecule has 0 unspecified atom stereocenters. The van der Waals surface area contributed by atoms with E-state index < -0.39 is 0 Å². The fourth-order valence-corrected chi connectivity index (χ4v) is 11.0. The first-order chi connectivity index (χ1) is 48.3. The average Bonchev–Trinajstić information content (AvgIpc) is 0.831. The zero-order valence-corrected chi connectivity index (χ0v) is 70.7. The number of pyridine rings is 4. The van der Waals surface area contributed by atoms with Crippen molar-refractivity contribution in [3.05, 3.63) is 374 Å². The van der Waals surface area contributed by atoms with Crippen LogP contribution in [-0.4, -0.2) is 19.9 Å². The van der Waals surface area contributed by atoms with Gasteiger partial charge in [0.15, 0.2) is 0 Å². The fourth-order valence-electron chi connectivity index (χ4n) is 11.0. The van der Waals surface area contributed by atoms with Crippen LogP contribution in [0, 0.1) is 50.2 Å². The van der Waals surface area contributed by atoms with E-state index in [2.05, 4.69) is 309 Å². The number of aromatic nitrogens is 4. The molecule has 14 rings (SSSR count).